The number of pyridine rings is 1. The minimum atomic E-state index is -1.00. The van der Waals surface area contributed by atoms with Gasteiger partial charge in [-0.3, -0.25) is 4.98 Å². The van der Waals surface area contributed by atoms with E-state index in [1.54, 1.807) is 31.5 Å². The Bertz CT molecular complexity index is 537. The summed E-state index contributed by atoms with van der Waals surface area (Å²) in [6.07, 6.45) is 3.76. The first-order valence-corrected chi connectivity index (χ1v) is 5.87. The highest BCUT2D eigenvalue weighted by molar-refractivity contribution is 5.30. The van der Waals surface area contributed by atoms with Gasteiger partial charge in [0.15, 0.2) is 0 Å². The van der Waals surface area contributed by atoms with Crippen LogP contribution in [0.1, 0.15) is 23.6 Å². The van der Waals surface area contributed by atoms with Crippen LogP contribution in [0.3, 0.4) is 0 Å². The summed E-state index contributed by atoms with van der Waals surface area (Å²) >= 11 is 0. The molecular weight excluding hydrogens is 229 g/mol. The van der Waals surface area contributed by atoms with Crippen LogP contribution in [0, 0.1) is 12.7 Å². The number of hydrogen-bond donors (Lipinski definition) is 1. The molecule has 0 aliphatic carbocycles. The molecule has 0 bridgehead atoms. The molecule has 2 rings (SSSR count). The van der Waals surface area contributed by atoms with Crippen LogP contribution in [0.25, 0.3) is 0 Å². The van der Waals surface area contributed by atoms with Gasteiger partial charge in [-0.15, -0.1) is 0 Å². The lowest BCUT2D eigenvalue weighted by Crippen LogP contribution is -2.24. The number of aliphatic hydroxyl groups is 1. The first kappa shape index (κ1) is 12.7. The highest BCUT2D eigenvalue weighted by atomic mass is 19.1. The molecule has 1 aromatic carbocycles. The van der Waals surface area contributed by atoms with Crippen LogP contribution >= 0.6 is 0 Å². The number of halogens is 1. The number of aryl methyl sites for hydroxylation is 1. The summed E-state index contributed by atoms with van der Waals surface area (Å²) < 4.78 is 13.0. The Morgan fingerprint density at radius 3 is 2.72 bits per heavy atom. The van der Waals surface area contributed by atoms with E-state index in [1.165, 1.54) is 12.1 Å². The standard InChI is InChI=1S/C15H16FNO/c1-11-8-14(16)6-5-12(11)9-15(2,18)13-4-3-7-17-10-13/h3-8,10,18H,9H2,1-2H3. The van der Waals surface area contributed by atoms with E-state index in [4.69, 9.17) is 0 Å². The van der Waals surface area contributed by atoms with Crippen LogP contribution in [0.4, 0.5) is 4.39 Å². The quantitative estimate of drug-likeness (QED) is 0.901. The smallest absolute Gasteiger partial charge is 0.123 e. The van der Waals surface area contributed by atoms with E-state index in [2.05, 4.69) is 4.98 Å². The molecule has 0 saturated carbocycles. The van der Waals surface area contributed by atoms with Crippen LogP contribution in [-0.4, -0.2) is 10.1 Å². The van der Waals surface area contributed by atoms with Crippen LogP contribution in [0.2, 0.25) is 0 Å². The van der Waals surface area contributed by atoms with Crippen molar-refractivity contribution >= 4 is 0 Å². The topological polar surface area (TPSA) is 33.1 Å². The fraction of sp³-hybridized carbons (Fsp3) is 0.267. The average molecular weight is 245 g/mol. The lowest BCUT2D eigenvalue weighted by atomic mass is 9.88. The monoisotopic (exact) mass is 245 g/mol. The van der Waals surface area contributed by atoms with Crippen molar-refractivity contribution in [3.05, 3.63) is 65.2 Å². The Balaban J connectivity index is 2.28. The van der Waals surface area contributed by atoms with Gasteiger partial charge in [-0.2, -0.15) is 0 Å². The molecule has 0 aliphatic heterocycles. The molecule has 0 radical (unpaired) electrons. The van der Waals surface area contributed by atoms with Gasteiger partial charge in [0.1, 0.15) is 5.82 Å². The van der Waals surface area contributed by atoms with Gasteiger partial charge in [0.05, 0.1) is 5.60 Å². The maximum Gasteiger partial charge on any atom is 0.123 e. The summed E-state index contributed by atoms with van der Waals surface area (Å²) in [6, 6.07) is 8.25. The second kappa shape index (κ2) is 4.86. The van der Waals surface area contributed by atoms with Crippen molar-refractivity contribution in [3.8, 4) is 0 Å². The maximum atomic E-state index is 13.0. The van der Waals surface area contributed by atoms with E-state index >= 15 is 0 Å². The Morgan fingerprint density at radius 2 is 2.11 bits per heavy atom. The fourth-order valence-electron chi connectivity index (χ4n) is 2.01. The van der Waals surface area contributed by atoms with Gasteiger partial charge < -0.3 is 5.11 Å². The van der Waals surface area contributed by atoms with Crippen LogP contribution in [-0.2, 0) is 12.0 Å². The molecule has 3 heteroatoms. The molecule has 2 aromatic rings. The van der Waals surface area contributed by atoms with Crippen LogP contribution in [0.15, 0.2) is 42.7 Å². The first-order valence-electron chi connectivity index (χ1n) is 5.87. The molecule has 1 aromatic heterocycles. The lowest BCUT2D eigenvalue weighted by Gasteiger charge is -2.24. The van der Waals surface area contributed by atoms with E-state index in [0.717, 1.165) is 16.7 Å². The zero-order valence-corrected chi connectivity index (χ0v) is 10.5. The number of aromatic nitrogens is 1. The van der Waals surface area contributed by atoms with E-state index in [1.807, 2.05) is 13.0 Å². The third-order valence-electron chi connectivity index (χ3n) is 3.12. The van der Waals surface area contributed by atoms with Gasteiger partial charge in [0.25, 0.3) is 0 Å². The van der Waals surface area contributed by atoms with Gasteiger partial charge in [0.2, 0.25) is 0 Å². The Labute approximate surface area is 106 Å². The predicted octanol–water partition coefficient (Wildman–Crippen LogP) is 2.98. The van der Waals surface area contributed by atoms with Gasteiger partial charge >= 0.3 is 0 Å². The molecule has 94 valence electrons. The normalized spacial score (nSPS) is 14.2. The minimum absolute atomic E-state index is 0.253. The second-order valence-corrected chi connectivity index (χ2v) is 4.76. The van der Waals surface area contributed by atoms with Crippen molar-refractivity contribution in [3.63, 3.8) is 0 Å². The third-order valence-corrected chi connectivity index (χ3v) is 3.12. The summed E-state index contributed by atoms with van der Waals surface area (Å²) in [7, 11) is 0. The molecule has 0 aliphatic rings. The van der Waals surface area contributed by atoms with E-state index in [0.29, 0.717) is 6.42 Å². The van der Waals surface area contributed by atoms with Crippen molar-refractivity contribution < 1.29 is 9.50 Å². The zero-order valence-electron chi connectivity index (χ0n) is 10.5. The summed E-state index contributed by atoms with van der Waals surface area (Å²) in [5.41, 5.74) is 1.54. The average Bonchev–Trinajstić information content (AvgIpc) is 2.34. The Kier molecular flexibility index (Phi) is 3.43. The first-order chi connectivity index (χ1) is 8.49. The second-order valence-electron chi connectivity index (χ2n) is 4.76. The van der Waals surface area contributed by atoms with Gasteiger partial charge in [-0.05, 0) is 43.2 Å². The summed E-state index contributed by atoms with van der Waals surface area (Å²) in [6.45, 7) is 3.59. The third kappa shape index (κ3) is 2.74. The molecule has 1 atom stereocenters. The maximum absolute atomic E-state index is 13.0. The molecule has 0 amide bonds. The number of nitrogens with zero attached hydrogens (tertiary/aromatic N) is 1. The zero-order chi connectivity index (χ0) is 13.2. The highest BCUT2D eigenvalue weighted by Crippen LogP contribution is 2.26. The predicted molar refractivity (Wildman–Crippen MR) is 68.6 cm³/mol. The van der Waals surface area contributed by atoms with E-state index in [9.17, 15) is 9.50 Å². The molecule has 1 unspecified atom stereocenters. The van der Waals surface area contributed by atoms with E-state index in [-0.39, 0.29) is 5.82 Å². The summed E-state index contributed by atoms with van der Waals surface area (Å²) in [5.74, 6) is -0.253. The van der Waals surface area contributed by atoms with Crippen LogP contribution < -0.4 is 0 Å². The minimum Gasteiger partial charge on any atom is -0.385 e. The summed E-state index contributed by atoms with van der Waals surface area (Å²) in [4.78, 5) is 4.01. The lowest BCUT2D eigenvalue weighted by molar-refractivity contribution is 0.0571. The van der Waals surface area contributed by atoms with Crippen molar-refractivity contribution in [2.45, 2.75) is 25.9 Å². The molecule has 2 nitrogen and oxygen atoms in total. The van der Waals surface area contributed by atoms with Crippen LogP contribution in [0.5, 0.6) is 0 Å². The van der Waals surface area contributed by atoms with Gasteiger partial charge in [0, 0.05) is 24.4 Å². The largest absolute Gasteiger partial charge is 0.385 e. The number of hydrogen-bond acceptors (Lipinski definition) is 2. The van der Waals surface area contributed by atoms with E-state index < -0.39 is 5.60 Å². The molecule has 0 saturated heterocycles. The molecule has 0 fully saturated rings. The van der Waals surface area contributed by atoms with Crippen molar-refractivity contribution in [2.75, 3.05) is 0 Å². The van der Waals surface area contributed by atoms with Crippen molar-refractivity contribution in [2.24, 2.45) is 0 Å². The Hall–Kier alpha value is -1.74. The molecule has 1 N–H and O–H groups in total. The molecule has 18 heavy (non-hydrogen) atoms. The van der Waals surface area contributed by atoms with Gasteiger partial charge in [-0.25, -0.2) is 4.39 Å². The molecule has 0 spiro atoms. The van der Waals surface area contributed by atoms with Crippen molar-refractivity contribution in [1.29, 1.82) is 0 Å². The Morgan fingerprint density at radius 1 is 1.33 bits per heavy atom. The highest BCUT2D eigenvalue weighted by Gasteiger charge is 2.24. The van der Waals surface area contributed by atoms with Gasteiger partial charge in [-0.1, -0.05) is 12.1 Å². The SMILES string of the molecule is Cc1cc(F)ccc1CC(C)(O)c1cccnc1. The number of rotatable bonds is 3. The summed E-state index contributed by atoms with van der Waals surface area (Å²) in [5, 5.41) is 10.5. The fourth-order valence-corrected chi connectivity index (χ4v) is 2.01. The van der Waals surface area contributed by atoms with Crippen molar-refractivity contribution in [1.82, 2.24) is 4.98 Å². The molecular formula is C15H16FNO. The number of benzene rings is 1. The molecule has 1 heterocycles.